The predicted octanol–water partition coefficient (Wildman–Crippen LogP) is 3.51. The minimum atomic E-state index is -0.895. The Balaban J connectivity index is 2.36. The number of benzene rings is 2. The van der Waals surface area contributed by atoms with Gasteiger partial charge in [0.2, 0.25) is 0 Å². The molecule has 0 aliphatic rings. The van der Waals surface area contributed by atoms with Crippen molar-refractivity contribution in [1.29, 1.82) is 0 Å². The lowest BCUT2D eigenvalue weighted by Gasteiger charge is -2.17. The van der Waals surface area contributed by atoms with E-state index in [4.69, 9.17) is 14.2 Å². The van der Waals surface area contributed by atoms with Gasteiger partial charge in [0.05, 0.1) is 26.7 Å². The molecule has 128 valence electrons. The Morgan fingerprint density at radius 2 is 1.88 bits per heavy atom. The van der Waals surface area contributed by atoms with E-state index in [-0.39, 0.29) is 0 Å². The zero-order valence-corrected chi connectivity index (χ0v) is 14.1. The Morgan fingerprint density at radius 3 is 2.50 bits per heavy atom. The largest absolute Gasteiger partial charge is 0.497 e. The molecule has 2 aromatic rings. The fourth-order valence-electron chi connectivity index (χ4n) is 2.60. The molecule has 5 nitrogen and oxygen atoms in total. The third-order valence-electron chi connectivity index (χ3n) is 3.78. The smallest absolute Gasteiger partial charge is 0.311 e. The monoisotopic (exact) mass is 330 g/mol. The Hall–Kier alpha value is -2.69. The highest BCUT2D eigenvalue weighted by Crippen LogP contribution is 2.31. The van der Waals surface area contributed by atoms with Gasteiger partial charge in [-0.2, -0.15) is 0 Å². The highest BCUT2D eigenvalue weighted by atomic mass is 16.5. The van der Waals surface area contributed by atoms with E-state index in [0.29, 0.717) is 35.8 Å². The molecule has 1 unspecified atom stereocenters. The van der Waals surface area contributed by atoms with Crippen molar-refractivity contribution in [1.82, 2.24) is 0 Å². The molecule has 1 N–H and O–H groups in total. The summed E-state index contributed by atoms with van der Waals surface area (Å²) in [6.45, 7) is 2.42. The lowest BCUT2D eigenvalue weighted by molar-refractivity contribution is -0.138. The number of hydrogen-bond acceptors (Lipinski definition) is 4. The summed E-state index contributed by atoms with van der Waals surface area (Å²) in [7, 11) is 3.14. The maximum atomic E-state index is 11.8. The minimum absolute atomic E-state index is 0.297. The molecule has 0 amide bonds. The molecular weight excluding hydrogens is 308 g/mol. The Morgan fingerprint density at radius 1 is 1.08 bits per heavy atom. The van der Waals surface area contributed by atoms with Crippen LogP contribution in [0.2, 0.25) is 0 Å². The third kappa shape index (κ3) is 4.19. The van der Waals surface area contributed by atoms with Gasteiger partial charge in [0, 0.05) is 0 Å². The van der Waals surface area contributed by atoms with Crippen molar-refractivity contribution in [3.05, 3.63) is 53.6 Å². The van der Waals surface area contributed by atoms with Crippen molar-refractivity contribution in [2.75, 3.05) is 20.8 Å². The molecule has 0 spiro atoms. The van der Waals surface area contributed by atoms with E-state index in [9.17, 15) is 9.90 Å². The van der Waals surface area contributed by atoms with Gasteiger partial charge in [0.15, 0.2) is 0 Å². The second-order valence-corrected chi connectivity index (χ2v) is 5.28. The van der Waals surface area contributed by atoms with E-state index in [2.05, 4.69) is 0 Å². The van der Waals surface area contributed by atoms with Crippen LogP contribution in [0, 0.1) is 0 Å². The number of methoxy groups -OCH3 is 2. The molecule has 0 radical (unpaired) electrons. The molecule has 0 saturated carbocycles. The molecule has 2 rings (SSSR count). The first-order chi connectivity index (χ1) is 11.6. The highest BCUT2D eigenvalue weighted by Gasteiger charge is 2.23. The van der Waals surface area contributed by atoms with Gasteiger partial charge >= 0.3 is 5.97 Å². The predicted molar refractivity (Wildman–Crippen MR) is 91.2 cm³/mol. The quantitative estimate of drug-likeness (QED) is 0.802. The van der Waals surface area contributed by atoms with Gasteiger partial charge in [0.1, 0.15) is 17.2 Å². The number of rotatable bonds is 8. The standard InChI is InChI=1S/C19H22O5/c1-4-24-16-7-5-6-13(10-16)17(19(20)21)12-14-11-15(22-2)8-9-18(14)23-3/h5-11,17H,4,12H2,1-3H3,(H,20,21). The van der Waals surface area contributed by atoms with Crippen molar-refractivity contribution in [3.8, 4) is 17.2 Å². The van der Waals surface area contributed by atoms with Crippen molar-refractivity contribution in [3.63, 3.8) is 0 Å². The fourth-order valence-corrected chi connectivity index (χ4v) is 2.60. The molecule has 0 aromatic heterocycles. The van der Waals surface area contributed by atoms with Crippen LogP contribution in [-0.4, -0.2) is 31.9 Å². The number of hydrogen-bond donors (Lipinski definition) is 1. The van der Waals surface area contributed by atoms with Gasteiger partial charge in [-0.25, -0.2) is 0 Å². The van der Waals surface area contributed by atoms with Crippen molar-refractivity contribution in [2.45, 2.75) is 19.3 Å². The maximum absolute atomic E-state index is 11.8. The lowest BCUT2D eigenvalue weighted by atomic mass is 9.91. The number of ether oxygens (including phenoxy) is 3. The highest BCUT2D eigenvalue weighted by molar-refractivity contribution is 5.77. The van der Waals surface area contributed by atoms with Crippen LogP contribution in [0.4, 0.5) is 0 Å². The van der Waals surface area contributed by atoms with Crippen LogP contribution < -0.4 is 14.2 Å². The second kappa shape index (κ2) is 8.24. The van der Waals surface area contributed by atoms with Gasteiger partial charge in [0.25, 0.3) is 0 Å². The summed E-state index contributed by atoms with van der Waals surface area (Å²) in [4.78, 5) is 11.8. The first kappa shape index (κ1) is 17.7. The Labute approximate surface area is 141 Å². The average molecular weight is 330 g/mol. The summed E-state index contributed by atoms with van der Waals surface area (Å²) >= 11 is 0. The molecule has 0 heterocycles. The fraction of sp³-hybridized carbons (Fsp3) is 0.316. The zero-order chi connectivity index (χ0) is 17.5. The average Bonchev–Trinajstić information content (AvgIpc) is 2.59. The van der Waals surface area contributed by atoms with Crippen molar-refractivity contribution < 1.29 is 24.1 Å². The molecule has 0 aliphatic heterocycles. The summed E-state index contributed by atoms with van der Waals surface area (Å²) in [6.07, 6.45) is 0.297. The zero-order valence-electron chi connectivity index (χ0n) is 14.1. The third-order valence-corrected chi connectivity index (χ3v) is 3.78. The van der Waals surface area contributed by atoms with Crippen molar-refractivity contribution >= 4 is 5.97 Å². The second-order valence-electron chi connectivity index (χ2n) is 5.28. The van der Waals surface area contributed by atoms with E-state index in [1.807, 2.05) is 13.0 Å². The maximum Gasteiger partial charge on any atom is 0.311 e. The molecule has 1 atom stereocenters. The van der Waals surface area contributed by atoms with Crippen LogP contribution in [0.15, 0.2) is 42.5 Å². The molecule has 0 bridgehead atoms. The topological polar surface area (TPSA) is 65.0 Å². The van der Waals surface area contributed by atoms with Crippen molar-refractivity contribution in [2.24, 2.45) is 0 Å². The molecule has 0 aliphatic carbocycles. The van der Waals surface area contributed by atoms with Crippen LogP contribution in [-0.2, 0) is 11.2 Å². The van der Waals surface area contributed by atoms with Crippen LogP contribution in [0.3, 0.4) is 0 Å². The molecule has 0 saturated heterocycles. The van der Waals surface area contributed by atoms with E-state index < -0.39 is 11.9 Å². The number of carbonyl (C=O) groups is 1. The van der Waals surface area contributed by atoms with Gasteiger partial charge in [-0.1, -0.05) is 12.1 Å². The van der Waals surface area contributed by atoms with Crippen LogP contribution in [0.1, 0.15) is 24.0 Å². The summed E-state index contributed by atoms with van der Waals surface area (Å²) in [6, 6.07) is 12.6. The Kier molecular flexibility index (Phi) is 6.07. The normalized spacial score (nSPS) is 11.6. The van der Waals surface area contributed by atoms with E-state index in [0.717, 1.165) is 5.56 Å². The first-order valence-electron chi connectivity index (χ1n) is 7.75. The number of carboxylic acid groups (broad SMARTS) is 1. The van der Waals surface area contributed by atoms with Gasteiger partial charge in [-0.3, -0.25) is 4.79 Å². The molecule has 0 fully saturated rings. The number of carboxylic acids is 1. The van der Waals surface area contributed by atoms with E-state index in [1.165, 1.54) is 0 Å². The SMILES string of the molecule is CCOc1cccc(C(Cc2cc(OC)ccc2OC)C(=O)O)c1. The van der Waals surface area contributed by atoms with Gasteiger partial charge in [-0.05, 0) is 54.8 Å². The van der Waals surface area contributed by atoms with Gasteiger partial charge in [-0.15, -0.1) is 0 Å². The molecule has 2 aromatic carbocycles. The van der Waals surface area contributed by atoms with Crippen LogP contribution in [0.25, 0.3) is 0 Å². The van der Waals surface area contributed by atoms with E-state index >= 15 is 0 Å². The molecular formula is C19H22O5. The first-order valence-corrected chi connectivity index (χ1v) is 7.75. The summed E-state index contributed by atoms with van der Waals surface area (Å²) in [5.74, 6) is 0.375. The Bertz CT molecular complexity index is 696. The molecule has 24 heavy (non-hydrogen) atoms. The molecule has 5 heteroatoms. The number of aliphatic carboxylic acids is 1. The van der Waals surface area contributed by atoms with Gasteiger partial charge < -0.3 is 19.3 Å². The van der Waals surface area contributed by atoms with Crippen LogP contribution in [0.5, 0.6) is 17.2 Å². The van der Waals surface area contributed by atoms with Crippen LogP contribution >= 0.6 is 0 Å². The summed E-state index contributed by atoms with van der Waals surface area (Å²) in [5, 5.41) is 9.69. The minimum Gasteiger partial charge on any atom is -0.497 e. The summed E-state index contributed by atoms with van der Waals surface area (Å²) in [5.41, 5.74) is 1.48. The summed E-state index contributed by atoms with van der Waals surface area (Å²) < 4.78 is 16.1. The lowest BCUT2D eigenvalue weighted by Crippen LogP contribution is -2.15. The van der Waals surface area contributed by atoms with E-state index in [1.54, 1.807) is 50.6 Å².